The van der Waals surface area contributed by atoms with Crippen LogP contribution < -0.4 is 10.6 Å². The van der Waals surface area contributed by atoms with E-state index in [-0.39, 0.29) is 0 Å². The van der Waals surface area contributed by atoms with Crippen LogP contribution in [0.2, 0.25) is 0 Å². The number of carbonyl (C=O) groups excluding carboxylic acids is 2. The fraction of sp³-hybridized carbons (Fsp3) is 0.273. The summed E-state index contributed by atoms with van der Waals surface area (Å²) in [4.78, 5) is 21.6. The second kappa shape index (κ2) is 6.99. The molecule has 0 saturated heterocycles. The van der Waals surface area contributed by atoms with Crippen LogP contribution in [0.25, 0.3) is 0 Å². The van der Waals surface area contributed by atoms with E-state index in [2.05, 4.69) is 15.4 Å². The molecular weight excluding hydrogens is 239 g/mol. The molecule has 6 heteroatoms. The van der Waals surface area contributed by atoms with Gasteiger partial charge < -0.3 is 10.1 Å². The summed E-state index contributed by atoms with van der Waals surface area (Å²) in [6, 6.07) is 7.28. The number of hydrogen-bond donors (Lipinski definition) is 2. The third-order valence-corrected chi connectivity index (χ3v) is 2.09. The Bertz CT molecular complexity index is 392. The summed E-state index contributed by atoms with van der Waals surface area (Å²) in [6.45, 7) is 3.72. The largest absolute Gasteiger partial charge is 0.419 e. The SMILES string of the molecule is CCNCc1ccc(NC(=O)OC(=O)P)cc1. The molecular formula is C11H15N2O3P. The molecule has 0 aliphatic heterocycles. The molecule has 17 heavy (non-hydrogen) atoms. The zero-order valence-electron chi connectivity index (χ0n) is 9.53. The summed E-state index contributed by atoms with van der Waals surface area (Å²) in [5.74, 6) is 0. The van der Waals surface area contributed by atoms with Crippen LogP contribution in [-0.4, -0.2) is 18.3 Å². The molecule has 1 atom stereocenters. The second-order valence-electron chi connectivity index (χ2n) is 3.31. The normalized spacial score (nSPS) is 9.76. The highest BCUT2D eigenvalue weighted by molar-refractivity contribution is 7.39. The Kier molecular flexibility index (Phi) is 5.60. The number of amides is 1. The number of ether oxygens (including phenoxy) is 1. The van der Waals surface area contributed by atoms with Gasteiger partial charge in [-0.2, -0.15) is 0 Å². The molecule has 0 heterocycles. The van der Waals surface area contributed by atoms with Crippen LogP contribution in [-0.2, 0) is 11.3 Å². The van der Waals surface area contributed by atoms with Gasteiger partial charge in [-0.3, -0.25) is 5.32 Å². The lowest BCUT2D eigenvalue weighted by Gasteiger charge is -2.06. The van der Waals surface area contributed by atoms with Crippen molar-refractivity contribution >= 4 is 26.7 Å². The second-order valence-corrected chi connectivity index (χ2v) is 3.78. The minimum atomic E-state index is -0.788. The van der Waals surface area contributed by atoms with Crippen LogP contribution in [0.4, 0.5) is 15.3 Å². The Hall–Kier alpha value is -1.45. The molecule has 0 saturated carbocycles. The van der Waals surface area contributed by atoms with Crippen molar-refractivity contribution in [1.82, 2.24) is 5.32 Å². The number of anilines is 1. The molecule has 1 aromatic carbocycles. The Morgan fingerprint density at radius 1 is 1.29 bits per heavy atom. The molecule has 2 N–H and O–H groups in total. The first-order valence-corrected chi connectivity index (χ1v) is 5.77. The molecule has 0 bridgehead atoms. The summed E-state index contributed by atoms with van der Waals surface area (Å²) in [7, 11) is 1.77. The van der Waals surface area contributed by atoms with E-state index >= 15 is 0 Å². The van der Waals surface area contributed by atoms with Crippen molar-refractivity contribution in [3.63, 3.8) is 0 Å². The predicted molar refractivity (Wildman–Crippen MR) is 69.0 cm³/mol. The number of nitrogens with one attached hydrogen (secondary N) is 2. The highest BCUT2D eigenvalue weighted by atomic mass is 31.0. The Labute approximate surface area is 102 Å². The summed E-state index contributed by atoms with van der Waals surface area (Å²) < 4.78 is 4.31. The molecule has 0 aliphatic carbocycles. The smallest absolute Gasteiger partial charge is 0.373 e. The van der Waals surface area contributed by atoms with Gasteiger partial charge >= 0.3 is 11.8 Å². The average molecular weight is 254 g/mol. The van der Waals surface area contributed by atoms with E-state index < -0.39 is 11.8 Å². The van der Waals surface area contributed by atoms with Gasteiger partial charge in [0.15, 0.2) is 0 Å². The number of benzene rings is 1. The van der Waals surface area contributed by atoms with Crippen molar-refractivity contribution in [2.24, 2.45) is 0 Å². The van der Waals surface area contributed by atoms with Gasteiger partial charge in [-0.05, 0) is 33.5 Å². The van der Waals surface area contributed by atoms with Crippen LogP contribution in [0.3, 0.4) is 0 Å². The van der Waals surface area contributed by atoms with Crippen LogP contribution in [0.1, 0.15) is 12.5 Å². The summed E-state index contributed by atoms with van der Waals surface area (Å²) in [5, 5.41) is 5.63. The van der Waals surface area contributed by atoms with E-state index in [0.717, 1.165) is 18.7 Å². The zero-order chi connectivity index (χ0) is 12.7. The van der Waals surface area contributed by atoms with Crippen LogP contribution >= 0.6 is 9.24 Å². The van der Waals surface area contributed by atoms with Gasteiger partial charge in [0.1, 0.15) is 0 Å². The lowest BCUT2D eigenvalue weighted by Crippen LogP contribution is -2.15. The van der Waals surface area contributed by atoms with Crippen molar-refractivity contribution in [2.75, 3.05) is 11.9 Å². The molecule has 0 aliphatic rings. The van der Waals surface area contributed by atoms with E-state index in [0.29, 0.717) is 5.69 Å². The van der Waals surface area contributed by atoms with Crippen LogP contribution in [0.15, 0.2) is 24.3 Å². The van der Waals surface area contributed by atoms with Gasteiger partial charge in [0.05, 0.1) is 0 Å². The van der Waals surface area contributed by atoms with Gasteiger partial charge in [-0.25, -0.2) is 9.59 Å². The van der Waals surface area contributed by atoms with E-state index in [1.807, 2.05) is 19.1 Å². The first-order chi connectivity index (χ1) is 8.11. The molecule has 0 spiro atoms. The lowest BCUT2D eigenvalue weighted by atomic mass is 10.2. The van der Waals surface area contributed by atoms with Gasteiger partial charge in [-0.1, -0.05) is 19.1 Å². The van der Waals surface area contributed by atoms with Crippen molar-refractivity contribution in [3.05, 3.63) is 29.8 Å². The molecule has 1 amide bonds. The Balaban J connectivity index is 2.50. The topological polar surface area (TPSA) is 67.4 Å². The fourth-order valence-corrected chi connectivity index (χ4v) is 1.32. The Morgan fingerprint density at radius 3 is 2.47 bits per heavy atom. The molecule has 1 rings (SSSR count). The quantitative estimate of drug-likeness (QED) is 0.639. The third-order valence-electron chi connectivity index (χ3n) is 1.97. The van der Waals surface area contributed by atoms with Crippen LogP contribution in [0.5, 0.6) is 0 Å². The van der Waals surface area contributed by atoms with Gasteiger partial charge in [-0.15, -0.1) is 0 Å². The zero-order valence-corrected chi connectivity index (χ0v) is 10.7. The van der Waals surface area contributed by atoms with E-state index in [1.54, 1.807) is 21.4 Å². The molecule has 1 aromatic rings. The van der Waals surface area contributed by atoms with E-state index in [9.17, 15) is 9.59 Å². The lowest BCUT2D eigenvalue weighted by molar-refractivity contribution is 0.178. The third kappa shape index (κ3) is 5.43. The highest BCUT2D eigenvalue weighted by Crippen LogP contribution is 2.10. The first kappa shape index (κ1) is 13.6. The maximum Gasteiger partial charge on any atom is 0.419 e. The van der Waals surface area contributed by atoms with Crippen molar-refractivity contribution in [1.29, 1.82) is 0 Å². The summed E-state index contributed by atoms with van der Waals surface area (Å²) in [5.41, 5.74) is 0.987. The molecule has 0 fully saturated rings. The molecule has 0 radical (unpaired) electrons. The number of carbonyl (C=O) groups is 2. The average Bonchev–Trinajstić information content (AvgIpc) is 2.27. The van der Waals surface area contributed by atoms with E-state index in [4.69, 9.17) is 0 Å². The monoisotopic (exact) mass is 254 g/mol. The maximum absolute atomic E-state index is 11.1. The molecule has 1 unspecified atom stereocenters. The first-order valence-electron chi connectivity index (χ1n) is 5.19. The standard InChI is InChI=1S/C11H15N2O3P/c1-2-12-7-8-3-5-9(6-4-8)13-10(14)16-11(15)17/h3-6,12H,2,7,17H2,1H3,(H,13,14). The Morgan fingerprint density at radius 2 is 1.94 bits per heavy atom. The summed E-state index contributed by atoms with van der Waals surface area (Å²) >= 11 is 0. The predicted octanol–water partition coefficient (Wildman–Crippen LogP) is 2.34. The van der Waals surface area contributed by atoms with E-state index in [1.165, 1.54) is 0 Å². The van der Waals surface area contributed by atoms with Crippen molar-refractivity contribution in [2.45, 2.75) is 13.5 Å². The summed E-state index contributed by atoms with van der Waals surface area (Å²) in [6.07, 6.45) is -0.788. The number of rotatable bonds is 4. The minimum Gasteiger partial charge on any atom is -0.373 e. The van der Waals surface area contributed by atoms with Crippen molar-refractivity contribution < 1.29 is 14.3 Å². The van der Waals surface area contributed by atoms with Gasteiger partial charge in [0, 0.05) is 12.2 Å². The molecule has 5 nitrogen and oxygen atoms in total. The molecule has 0 aromatic heterocycles. The van der Waals surface area contributed by atoms with Gasteiger partial charge in [0.2, 0.25) is 0 Å². The minimum absolute atomic E-state index is 0.585. The number of hydrogen-bond acceptors (Lipinski definition) is 4. The maximum atomic E-state index is 11.1. The van der Waals surface area contributed by atoms with Crippen molar-refractivity contribution in [3.8, 4) is 0 Å². The molecule has 92 valence electrons. The van der Waals surface area contributed by atoms with Gasteiger partial charge in [0.25, 0.3) is 0 Å². The fourth-order valence-electron chi connectivity index (χ4n) is 1.21. The van der Waals surface area contributed by atoms with Crippen LogP contribution in [0, 0.1) is 0 Å². The highest BCUT2D eigenvalue weighted by Gasteiger charge is 2.05.